The summed E-state index contributed by atoms with van der Waals surface area (Å²) >= 11 is -0.562. The van der Waals surface area contributed by atoms with Crippen LogP contribution in [0.5, 0.6) is 5.75 Å². The Kier molecular flexibility index (Phi) is 2.79. The number of hydrogen-bond donors (Lipinski definition) is 0. The van der Waals surface area contributed by atoms with Crippen molar-refractivity contribution in [2.45, 2.75) is 12.4 Å². The Morgan fingerprint density at radius 2 is 2.07 bits per heavy atom. The van der Waals surface area contributed by atoms with Gasteiger partial charge in [-0.2, -0.15) is 0 Å². The summed E-state index contributed by atoms with van der Waals surface area (Å²) in [6.07, 6.45) is 0. The van der Waals surface area contributed by atoms with Gasteiger partial charge in [-0.15, -0.1) is 0 Å². The first-order valence-electron chi connectivity index (χ1n) is 4.62. The van der Waals surface area contributed by atoms with E-state index in [1.165, 1.54) is 0 Å². The van der Waals surface area contributed by atoms with Crippen molar-refractivity contribution in [2.75, 3.05) is 0 Å². The molecule has 0 saturated carbocycles. The molecular formula is C11H11GaNO. The Labute approximate surface area is 91.5 Å². The summed E-state index contributed by atoms with van der Waals surface area (Å²) in [5.74, 6) is 0.939. The first kappa shape index (κ1) is 9.61. The summed E-state index contributed by atoms with van der Waals surface area (Å²) in [6, 6.07) is 10.2. The molecule has 0 saturated heterocycles. The average molecular weight is 243 g/mol. The van der Waals surface area contributed by atoms with Crippen molar-refractivity contribution in [2.24, 2.45) is 0 Å². The molecule has 1 radical (unpaired) electrons. The molecule has 3 heteroatoms. The second-order valence-electron chi connectivity index (χ2n) is 3.13. The Morgan fingerprint density at radius 1 is 1.21 bits per heavy atom. The molecule has 0 spiro atoms. The molecule has 0 atom stereocenters. The molecule has 1 heterocycles. The third kappa shape index (κ3) is 1.78. The van der Waals surface area contributed by atoms with E-state index in [-0.39, 0.29) is 0 Å². The SMILES string of the molecule is [CH3][Ga][O]c1cccc2ccc(C)nc12. The van der Waals surface area contributed by atoms with E-state index in [0.29, 0.717) is 0 Å². The number of rotatable bonds is 2. The van der Waals surface area contributed by atoms with E-state index < -0.39 is 17.8 Å². The molecule has 14 heavy (non-hydrogen) atoms. The van der Waals surface area contributed by atoms with Crippen LogP contribution in [0.15, 0.2) is 30.3 Å². The maximum atomic E-state index is 5.67. The Balaban J connectivity index is 2.64. The molecule has 2 rings (SSSR count). The van der Waals surface area contributed by atoms with Crippen molar-refractivity contribution in [3.05, 3.63) is 36.0 Å². The molecule has 1 aromatic heterocycles. The molecule has 0 unspecified atom stereocenters. The van der Waals surface area contributed by atoms with Crippen LogP contribution in [-0.2, 0) is 0 Å². The molecule has 0 aliphatic rings. The summed E-state index contributed by atoms with van der Waals surface area (Å²) in [7, 11) is 0. The zero-order valence-corrected chi connectivity index (χ0v) is 10.7. The standard InChI is InChI=1S/C10H9NO.CH3.Ga/c1-7-5-6-8-3-2-4-9(12)10(8)11-7;;/h2-6,12H,1H3;1H3;/q;;+1/p-1. The van der Waals surface area contributed by atoms with Crippen LogP contribution in [0.4, 0.5) is 0 Å². The summed E-state index contributed by atoms with van der Waals surface area (Å²) in [5.41, 5.74) is 4.16. The van der Waals surface area contributed by atoms with Crippen LogP contribution in [0.25, 0.3) is 10.9 Å². The quantitative estimate of drug-likeness (QED) is 0.756. The van der Waals surface area contributed by atoms with Gasteiger partial charge in [0.2, 0.25) is 0 Å². The third-order valence-electron chi connectivity index (χ3n) is 2.07. The topological polar surface area (TPSA) is 22.1 Å². The zero-order valence-electron chi connectivity index (χ0n) is 8.32. The fourth-order valence-electron chi connectivity index (χ4n) is 1.44. The van der Waals surface area contributed by atoms with Gasteiger partial charge in [-0.3, -0.25) is 0 Å². The van der Waals surface area contributed by atoms with Crippen molar-refractivity contribution in [3.8, 4) is 5.75 Å². The van der Waals surface area contributed by atoms with Crippen LogP contribution in [0.3, 0.4) is 0 Å². The number of aryl methyl sites for hydroxylation is 1. The molecule has 69 valence electrons. The van der Waals surface area contributed by atoms with E-state index in [1.807, 2.05) is 25.1 Å². The molecule has 0 aliphatic carbocycles. The van der Waals surface area contributed by atoms with Gasteiger partial charge < -0.3 is 0 Å². The number of benzene rings is 1. The molecule has 0 amide bonds. The molecule has 0 fully saturated rings. The second-order valence-corrected chi connectivity index (χ2v) is 4.62. The van der Waals surface area contributed by atoms with Crippen LogP contribution in [0, 0.1) is 6.92 Å². The van der Waals surface area contributed by atoms with Crippen LogP contribution in [-0.4, -0.2) is 22.8 Å². The van der Waals surface area contributed by atoms with E-state index in [0.717, 1.165) is 22.3 Å². The Morgan fingerprint density at radius 3 is 2.86 bits per heavy atom. The Hall–Kier alpha value is -0.934. The van der Waals surface area contributed by atoms with Crippen LogP contribution in [0.1, 0.15) is 5.69 Å². The van der Waals surface area contributed by atoms with Gasteiger partial charge in [0.05, 0.1) is 0 Å². The van der Waals surface area contributed by atoms with Crippen molar-refractivity contribution in [3.63, 3.8) is 0 Å². The summed E-state index contributed by atoms with van der Waals surface area (Å²) in [6.45, 7) is 2.00. The van der Waals surface area contributed by atoms with Gasteiger partial charge in [0.25, 0.3) is 0 Å². The Bertz CT molecular complexity index is 456. The molecule has 0 aliphatic heterocycles. The van der Waals surface area contributed by atoms with Gasteiger partial charge in [-0.1, -0.05) is 0 Å². The van der Waals surface area contributed by atoms with Gasteiger partial charge in [0, 0.05) is 0 Å². The van der Waals surface area contributed by atoms with Gasteiger partial charge in [0.15, 0.2) is 0 Å². The zero-order chi connectivity index (χ0) is 9.97. The predicted octanol–water partition coefficient (Wildman–Crippen LogP) is 2.59. The summed E-state index contributed by atoms with van der Waals surface area (Å²) in [4.78, 5) is 4.49. The van der Waals surface area contributed by atoms with Gasteiger partial charge in [0.1, 0.15) is 0 Å². The number of fused-ring (bicyclic) bond motifs is 1. The molecule has 2 aromatic rings. The summed E-state index contributed by atoms with van der Waals surface area (Å²) < 4.78 is 5.67. The predicted molar refractivity (Wildman–Crippen MR) is 58.7 cm³/mol. The number of aromatic nitrogens is 1. The second kappa shape index (κ2) is 4.06. The van der Waals surface area contributed by atoms with Gasteiger partial charge >= 0.3 is 91.4 Å². The van der Waals surface area contributed by atoms with Crippen LogP contribution >= 0.6 is 0 Å². The molecule has 2 nitrogen and oxygen atoms in total. The minimum atomic E-state index is -0.562. The van der Waals surface area contributed by atoms with Crippen LogP contribution < -0.4 is 3.53 Å². The van der Waals surface area contributed by atoms with Crippen LogP contribution in [0.2, 0.25) is 5.48 Å². The van der Waals surface area contributed by atoms with E-state index in [2.05, 4.69) is 22.6 Å². The number of para-hydroxylation sites is 1. The fraction of sp³-hybridized carbons (Fsp3) is 0.182. The first-order chi connectivity index (χ1) is 6.81. The minimum absolute atomic E-state index is 0.562. The van der Waals surface area contributed by atoms with Crippen molar-refractivity contribution in [1.29, 1.82) is 0 Å². The molecule has 0 bridgehead atoms. The van der Waals surface area contributed by atoms with E-state index in [9.17, 15) is 0 Å². The number of pyridine rings is 1. The molecule has 0 N–H and O–H groups in total. The number of hydrogen-bond acceptors (Lipinski definition) is 2. The average Bonchev–Trinajstić information content (AvgIpc) is 2.19. The van der Waals surface area contributed by atoms with Crippen molar-refractivity contribution in [1.82, 2.24) is 4.98 Å². The van der Waals surface area contributed by atoms with E-state index in [1.54, 1.807) is 0 Å². The first-order valence-corrected chi connectivity index (χ1v) is 8.03. The van der Waals surface area contributed by atoms with Crippen molar-refractivity contribution >= 4 is 28.7 Å². The fourth-order valence-corrected chi connectivity index (χ4v) is 2.37. The van der Waals surface area contributed by atoms with Gasteiger partial charge in [-0.25, -0.2) is 0 Å². The molecule has 1 aromatic carbocycles. The monoisotopic (exact) mass is 242 g/mol. The number of nitrogens with zero attached hydrogens (tertiary/aromatic N) is 1. The normalized spacial score (nSPS) is 10.1. The third-order valence-corrected chi connectivity index (χ3v) is 3.09. The van der Waals surface area contributed by atoms with E-state index >= 15 is 0 Å². The van der Waals surface area contributed by atoms with Gasteiger partial charge in [-0.05, 0) is 0 Å². The van der Waals surface area contributed by atoms with E-state index in [4.69, 9.17) is 3.53 Å². The molecular weight excluding hydrogens is 232 g/mol. The maximum absolute atomic E-state index is 5.67. The van der Waals surface area contributed by atoms with Crippen molar-refractivity contribution < 1.29 is 3.53 Å². The summed E-state index contributed by atoms with van der Waals surface area (Å²) in [5, 5.41) is 1.15.